The second-order valence-corrected chi connectivity index (χ2v) is 7.92. The molecule has 1 amide bonds. The summed E-state index contributed by atoms with van der Waals surface area (Å²) in [6.07, 6.45) is 8.93. The van der Waals surface area contributed by atoms with Gasteiger partial charge in [0.2, 0.25) is 5.91 Å². The normalized spacial score (nSPS) is 25.8. The number of aromatic nitrogens is 2. The first kappa shape index (κ1) is 18.1. The van der Waals surface area contributed by atoms with Gasteiger partial charge in [-0.25, -0.2) is 4.98 Å². The number of likely N-dealkylation sites (N-methyl/N-ethyl adjacent to an activating group) is 1. The molecule has 1 aromatic rings. The molecule has 2 aliphatic rings. The molecule has 3 heterocycles. The van der Waals surface area contributed by atoms with E-state index in [-0.39, 0.29) is 5.54 Å². The minimum absolute atomic E-state index is 0.307. The third kappa shape index (κ3) is 3.64. The van der Waals surface area contributed by atoms with Gasteiger partial charge in [0.05, 0.1) is 17.4 Å². The highest BCUT2D eigenvalue weighted by atomic mass is 16.2. The van der Waals surface area contributed by atoms with Gasteiger partial charge in [-0.15, -0.1) is 0 Å². The van der Waals surface area contributed by atoms with Gasteiger partial charge in [-0.05, 0) is 52.6 Å². The first-order chi connectivity index (χ1) is 11.9. The number of carbonyl (C=O) groups is 1. The lowest BCUT2D eigenvalue weighted by Crippen LogP contribution is -2.59. The average Bonchev–Trinajstić information content (AvgIpc) is 2.64. The molecule has 25 heavy (non-hydrogen) atoms. The van der Waals surface area contributed by atoms with Gasteiger partial charge in [-0.3, -0.25) is 14.7 Å². The zero-order valence-electron chi connectivity index (χ0n) is 16.0. The van der Waals surface area contributed by atoms with Gasteiger partial charge in [-0.1, -0.05) is 0 Å². The van der Waals surface area contributed by atoms with Crippen LogP contribution in [0.5, 0.6) is 0 Å². The Morgan fingerprint density at radius 3 is 2.56 bits per heavy atom. The van der Waals surface area contributed by atoms with Crippen molar-refractivity contribution in [3.8, 4) is 0 Å². The zero-order valence-corrected chi connectivity index (χ0v) is 16.0. The van der Waals surface area contributed by atoms with E-state index in [1.165, 1.54) is 6.42 Å². The van der Waals surface area contributed by atoms with Crippen LogP contribution in [0.25, 0.3) is 0 Å². The maximum Gasteiger partial charge on any atom is 0.242 e. The standard InChI is InChI=1S/C19H31N5O/c1-19(9-5-6-10-23(19)4)18(25)24-11-7-15(8-12-24)16-13-20-14-17(21-16)22(2)3/h13-15H,5-12H2,1-4H3/t19-/m0/s1. The molecule has 0 aliphatic carbocycles. The lowest BCUT2D eigenvalue weighted by molar-refractivity contribution is -0.146. The van der Waals surface area contributed by atoms with Crippen molar-refractivity contribution in [3.05, 3.63) is 18.1 Å². The second-order valence-electron chi connectivity index (χ2n) is 7.92. The maximum absolute atomic E-state index is 13.1. The van der Waals surface area contributed by atoms with Crippen LogP contribution in [0.1, 0.15) is 50.6 Å². The summed E-state index contributed by atoms with van der Waals surface area (Å²) in [5, 5.41) is 0. The lowest BCUT2D eigenvalue weighted by Gasteiger charge is -2.45. The number of piperidine rings is 2. The van der Waals surface area contributed by atoms with E-state index in [1.54, 1.807) is 6.20 Å². The summed E-state index contributed by atoms with van der Waals surface area (Å²) in [7, 11) is 6.05. The van der Waals surface area contributed by atoms with Crippen LogP contribution in [0, 0.1) is 0 Å². The fourth-order valence-electron chi connectivity index (χ4n) is 4.03. The van der Waals surface area contributed by atoms with Crippen molar-refractivity contribution >= 4 is 11.7 Å². The van der Waals surface area contributed by atoms with Gasteiger partial charge in [0.15, 0.2) is 0 Å². The zero-order chi connectivity index (χ0) is 18.0. The highest BCUT2D eigenvalue weighted by molar-refractivity contribution is 5.86. The van der Waals surface area contributed by atoms with E-state index in [4.69, 9.17) is 4.98 Å². The highest BCUT2D eigenvalue weighted by Gasteiger charge is 2.42. The Bertz CT molecular complexity index is 612. The summed E-state index contributed by atoms with van der Waals surface area (Å²) in [5.74, 6) is 1.60. The Morgan fingerprint density at radius 1 is 1.20 bits per heavy atom. The van der Waals surface area contributed by atoms with Crippen LogP contribution in [0.2, 0.25) is 0 Å². The molecule has 0 unspecified atom stereocenters. The molecule has 3 rings (SSSR count). The molecular weight excluding hydrogens is 314 g/mol. The van der Waals surface area contributed by atoms with Crippen LogP contribution in [-0.2, 0) is 4.79 Å². The Balaban J connectivity index is 1.64. The molecule has 0 spiro atoms. The summed E-state index contributed by atoms with van der Waals surface area (Å²) < 4.78 is 0. The summed E-state index contributed by atoms with van der Waals surface area (Å²) in [6, 6.07) is 0. The van der Waals surface area contributed by atoms with Crippen molar-refractivity contribution in [1.29, 1.82) is 0 Å². The Morgan fingerprint density at radius 2 is 1.92 bits per heavy atom. The number of carbonyl (C=O) groups excluding carboxylic acids is 1. The lowest BCUT2D eigenvalue weighted by atomic mass is 9.86. The molecule has 2 fully saturated rings. The largest absolute Gasteiger partial charge is 0.361 e. The molecule has 1 atom stereocenters. The third-order valence-electron chi connectivity index (χ3n) is 6.01. The van der Waals surface area contributed by atoms with Gasteiger partial charge in [0.25, 0.3) is 0 Å². The minimum Gasteiger partial charge on any atom is -0.361 e. The summed E-state index contributed by atoms with van der Waals surface area (Å²) in [5.41, 5.74) is 0.731. The number of likely N-dealkylation sites (tertiary alicyclic amines) is 2. The number of nitrogens with zero attached hydrogens (tertiary/aromatic N) is 5. The number of anilines is 1. The molecule has 0 N–H and O–H groups in total. The van der Waals surface area contributed by atoms with Crippen molar-refractivity contribution in [2.75, 3.05) is 45.7 Å². The first-order valence-electron chi connectivity index (χ1n) is 9.41. The third-order valence-corrected chi connectivity index (χ3v) is 6.01. The Kier molecular flexibility index (Phi) is 5.27. The molecule has 6 heteroatoms. The van der Waals surface area contributed by atoms with Crippen molar-refractivity contribution in [2.24, 2.45) is 0 Å². The smallest absolute Gasteiger partial charge is 0.242 e. The van der Waals surface area contributed by atoms with Gasteiger partial charge in [0, 0.05) is 39.3 Å². The van der Waals surface area contributed by atoms with Crippen LogP contribution in [0.4, 0.5) is 5.82 Å². The second kappa shape index (κ2) is 7.28. The van der Waals surface area contributed by atoms with Crippen LogP contribution < -0.4 is 4.90 Å². The predicted octanol–water partition coefficient (Wildman–Crippen LogP) is 2.12. The minimum atomic E-state index is -0.324. The summed E-state index contributed by atoms with van der Waals surface area (Å²) >= 11 is 0. The molecular formula is C19H31N5O. The van der Waals surface area contributed by atoms with Crippen molar-refractivity contribution < 1.29 is 4.79 Å². The van der Waals surface area contributed by atoms with Crippen molar-refractivity contribution in [2.45, 2.75) is 50.5 Å². The van der Waals surface area contributed by atoms with Crippen LogP contribution >= 0.6 is 0 Å². The molecule has 2 aliphatic heterocycles. The van der Waals surface area contributed by atoms with E-state index in [0.29, 0.717) is 11.8 Å². The van der Waals surface area contributed by atoms with E-state index in [9.17, 15) is 4.79 Å². The molecule has 1 aromatic heterocycles. The topological polar surface area (TPSA) is 52.6 Å². The van der Waals surface area contributed by atoms with E-state index >= 15 is 0 Å². The quantitative estimate of drug-likeness (QED) is 0.840. The van der Waals surface area contributed by atoms with E-state index in [0.717, 1.165) is 56.8 Å². The van der Waals surface area contributed by atoms with Crippen LogP contribution in [-0.4, -0.2) is 72.0 Å². The van der Waals surface area contributed by atoms with Crippen LogP contribution in [0.3, 0.4) is 0 Å². The molecule has 0 saturated carbocycles. The summed E-state index contributed by atoms with van der Waals surface area (Å²) in [4.78, 5) is 28.5. The van der Waals surface area contributed by atoms with E-state index in [1.807, 2.05) is 25.2 Å². The molecule has 0 radical (unpaired) electrons. The summed E-state index contributed by atoms with van der Waals surface area (Å²) in [6.45, 7) is 4.78. The van der Waals surface area contributed by atoms with Gasteiger partial charge >= 0.3 is 0 Å². The number of hydrogen-bond donors (Lipinski definition) is 0. The number of rotatable bonds is 3. The maximum atomic E-state index is 13.1. The van der Waals surface area contributed by atoms with Crippen LogP contribution in [0.15, 0.2) is 12.4 Å². The predicted molar refractivity (Wildman–Crippen MR) is 99.8 cm³/mol. The molecule has 0 aromatic carbocycles. The average molecular weight is 345 g/mol. The monoisotopic (exact) mass is 345 g/mol. The first-order valence-corrected chi connectivity index (χ1v) is 9.41. The fourth-order valence-corrected chi connectivity index (χ4v) is 4.03. The molecule has 0 bridgehead atoms. The number of amides is 1. The van der Waals surface area contributed by atoms with E-state index < -0.39 is 0 Å². The van der Waals surface area contributed by atoms with Crippen molar-refractivity contribution in [3.63, 3.8) is 0 Å². The Labute approximate surface area is 151 Å². The fraction of sp³-hybridized carbons (Fsp3) is 0.737. The molecule has 138 valence electrons. The van der Waals surface area contributed by atoms with E-state index in [2.05, 4.69) is 28.8 Å². The Hall–Kier alpha value is -1.69. The molecule has 6 nitrogen and oxygen atoms in total. The van der Waals surface area contributed by atoms with Crippen molar-refractivity contribution in [1.82, 2.24) is 19.8 Å². The number of hydrogen-bond acceptors (Lipinski definition) is 5. The van der Waals surface area contributed by atoms with Gasteiger partial charge in [-0.2, -0.15) is 0 Å². The van der Waals surface area contributed by atoms with Gasteiger partial charge < -0.3 is 9.80 Å². The SMILES string of the molecule is CN(C)c1cncc(C2CCN(C(=O)[C@]3(C)CCCCN3C)CC2)n1. The highest BCUT2D eigenvalue weighted by Crippen LogP contribution is 2.32. The molecule has 2 saturated heterocycles. The van der Waals surface area contributed by atoms with Gasteiger partial charge in [0.1, 0.15) is 5.82 Å².